The molecule has 0 spiro atoms. The molecule has 7 nitrogen and oxygen atoms in total. The van der Waals surface area contributed by atoms with Gasteiger partial charge in [0, 0.05) is 6.42 Å². The van der Waals surface area contributed by atoms with Crippen LogP contribution in [0.15, 0.2) is 0 Å². The average Bonchev–Trinajstić information content (AvgIpc) is 2.88. The first-order chi connectivity index (χ1) is 12.4. The summed E-state index contributed by atoms with van der Waals surface area (Å²) in [7, 11) is 0. The van der Waals surface area contributed by atoms with Crippen LogP contribution in [0, 0.1) is 0 Å². The van der Waals surface area contributed by atoms with Crippen LogP contribution >= 0.6 is 34.8 Å². The fourth-order valence-corrected chi connectivity index (χ4v) is 3.66. The molecular formula is C17H25Cl3N2O5. The second-order valence-corrected chi connectivity index (χ2v) is 10.3. The number of alkyl carbamates (subject to hydrolysis) is 1. The monoisotopic (exact) mass is 442 g/mol. The Kier molecular flexibility index (Phi) is 7.14. The normalized spacial score (nSPS) is 26.2. The Morgan fingerprint density at radius 3 is 2.44 bits per heavy atom. The molecule has 0 radical (unpaired) electrons. The minimum Gasteiger partial charge on any atom is -0.458 e. The summed E-state index contributed by atoms with van der Waals surface area (Å²) in [6, 6.07) is -1.27. The molecule has 2 aliphatic rings. The van der Waals surface area contributed by atoms with Gasteiger partial charge in [-0.25, -0.2) is 9.59 Å². The summed E-state index contributed by atoms with van der Waals surface area (Å²) in [6.07, 6.45) is 1.87. The van der Waals surface area contributed by atoms with Crippen molar-refractivity contribution in [3.63, 3.8) is 0 Å². The molecule has 0 aromatic carbocycles. The first kappa shape index (κ1) is 22.4. The molecule has 2 saturated heterocycles. The highest BCUT2D eigenvalue weighted by Gasteiger charge is 2.47. The number of rotatable bonds is 3. The minimum atomic E-state index is -1.70. The van der Waals surface area contributed by atoms with Crippen LogP contribution in [-0.2, 0) is 19.1 Å². The third-order valence-corrected chi connectivity index (χ3v) is 4.76. The third-order valence-electron chi connectivity index (χ3n) is 4.44. The van der Waals surface area contributed by atoms with Gasteiger partial charge in [-0.1, -0.05) is 34.8 Å². The first-order valence-corrected chi connectivity index (χ1v) is 10.0. The molecule has 2 amide bonds. The predicted octanol–water partition coefficient (Wildman–Crippen LogP) is 3.34. The van der Waals surface area contributed by atoms with Crippen molar-refractivity contribution in [2.24, 2.45) is 0 Å². The number of halogens is 3. The number of carbonyl (C=O) groups is 3. The van der Waals surface area contributed by atoms with Crippen LogP contribution in [0.5, 0.6) is 0 Å². The van der Waals surface area contributed by atoms with E-state index in [0.29, 0.717) is 32.1 Å². The summed E-state index contributed by atoms with van der Waals surface area (Å²) in [5.74, 6) is -0.523. The van der Waals surface area contributed by atoms with Crippen LogP contribution in [0.1, 0.15) is 52.9 Å². The number of hydrogen-bond acceptors (Lipinski definition) is 5. The van der Waals surface area contributed by atoms with Gasteiger partial charge in [-0.05, 0) is 46.5 Å². The van der Waals surface area contributed by atoms with E-state index >= 15 is 0 Å². The summed E-state index contributed by atoms with van der Waals surface area (Å²) in [4.78, 5) is 38.7. The second kappa shape index (κ2) is 8.62. The maximum absolute atomic E-state index is 12.6. The minimum absolute atomic E-state index is 0.104. The van der Waals surface area contributed by atoms with Crippen molar-refractivity contribution in [3.05, 3.63) is 0 Å². The standard InChI is InChI=1S/C17H25Cl3N2O5/c1-16(2,3)27-14(24)12-8-7-11-10(5-4-6-13(23)22(11)12)21-15(25)26-9-17(18,19)20/h10-12H,4-9H2,1-3H3,(H,21,25)/t10-,11-,12-/m0/s1. The summed E-state index contributed by atoms with van der Waals surface area (Å²) >= 11 is 16.7. The highest BCUT2D eigenvalue weighted by Crippen LogP contribution is 2.33. The van der Waals surface area contributed by atoms with Gasteiger partial charge < -0.3 is 19.7 Å². The SMILES string of the molecule is CC(C)(C)OC(=O)[C@@H]1CC[C@H]2[C@@H](NC(=O)OCC(Cl)(Cl)Cl)CCCC(=O)N12. The van der Waals surface area contributed by atoms with E-state index in [4.69, 9.17) is 44.3 Å². The zero-order chi connectivity index (χ0) is 20.4. The van der Waals surface area contributed by atoms with Gasteiger partial charge in [-0.3, -0.25) is 4.79 Å². The maximum Gasteiger partial charge on any atom is 0.407 e. The molecule has 0 bridgehead atoms. The molecule has 0 unspecified atom stereocenters. The number of ether oxygens (including phenoxy) is 2. The van der Waals surface area contributed by atoms with Crippen molar-refractivity contribution in [1.82, 2.24) is 10.2 Å². The van der Waals surface area contributed by atoms with Gasteiger partial charge in [0.1, 0.15) is 18.2 Å². The molecule has 10 heteroatoms. The number of amides is 2. The van der Waals surface area contributed by atoms with Crippen molar-refractivity contribution in [2.45, 2.75) is 80.4 Å². The highest BCUT2D eigenvalue weighted by molar-refractivity contribution is 6.67. The van der Waals surface area contributed by atoms with Crippen LogP contribution in [-0.4, -0.2) is 57.0 Å². The molecule has 1 N–H and O–H groups in total. The van der Waals surface area contributed by atoms with E-state index in [1.54, 1.807) is 25.7 Å². The smallest absolute Gasteiger partial charge is 0.407 e. The lowest BCUT2D eigenvalue weighted by molar-refractivity contribution is -0.164. The number of esters is 1. The highest BCUT2D eigenvalue weighted by atomic mass is 35.6. The molecule has 2 aliphatic heterocycles. The largest absolute Gasteiger partial charge is 0.458 e. The number of alkyl halides is 3. The molecule has 27 heavy (non-hydrogen) atoms. The summed E-state index contributed by atoms with van der Waals surface area (Å²) in [5, 5.41) is 2.75. The van der Waals surface area contributed by atoms with E-state index in [9.17, 15) is 14.4 Å². The Bertz CT molecular complexity index is 588. The van der Waals surface area contributed by atoms with E-state index < -0.39 is 27.5 Å². The topological polar surface area (TPSA) is 84.9 Å². The maximum atomic E-state index is 12.6. The Balaban J connectivity index is 2.07. The van der Waals surface area contributed by atoms with E-state index in [-0.39, 0.29) is 24.6 Å². The van der Waals surface area contributed by atoms with Crippen molar-refractivity contribution in [3.8, 4) is 0 Å². The molecule has 2 fully saturated rings. The average molecular weight is 444 g/mol. The van der Waals surface area contributed by atoms with Gasteiger partial charge >= 0.3 is 12.1 Å². The number of nitrogens with zero attached hydrogens (tertiary/aromatic N) is 1. The number of carbonyl (C=O) groups excluding carboxylic acids is 3. The second-order valence-electron chi connectivity index (χ2n) is 7.83. The van der Waals surface area contributed by atoms with Gasteiger partial charge in [-0.15, -0.1) is 0 Å². The lowest BCUT2D eigenvalue weighted by Crippen LogP contribution is -2.53. The van der Waals surface area contributed by atoms with Gasteiger partial charge in [0.15, 0.2) is 0 Å². The van der Waals surface area contributed by atoms with E-state index in [2.05, 4.69) is 5.32 Å². The van der Waals surface area contributed by atoms with Crippen LogP contribution < -0.4 is 5.32 Å². The third kappa shape index (κ3) is 6.57. The van der Waals surface area contributed by atoms with Crippen LogP contribution in [0.2, 0.25) is 0 Å². The molecule has 0 aromatic rings. The van der Waals surface area contributed by atoms with Crippen LogP contribution in [0.4, 0.5) is 4.79 Å². The Labute approximate surface area is 173 Å². The molecule has 3 atom stereocenters. The summed E-state index contributed by atoms with van der Waals surface area (Å²) in [5.41, 5.74) is -0.636. The Morgan fingerprint density at radius 1 is 1.19 bits per heavy atom. The quantitative estimate of drug-likeness (QED) is 0.534. The molecule has 2 rings (SSSR count). The number of nitrogens with one attached hydrogen (secondary N) is 1. The fourth-order valence-electron chi connectivity index (χ4n) is 3.50. The first-order valence-electron chi connectivity index (χ1n) is 8.91. The van der Waals surface area contributed by atoms with E-state index in [1.165, 1.54) is 0 Å². The molecule has 2 heterocycles. The summed E-state index contributed by atoms with van der Waals surface area (Å²) in [6.45, 7) is 4.97. The zero-order valence-corrected chi connectivity index (χ0v) is 17.9. The lowest BCUT2D eigenvalue weighted by atomic mass is 10.0. The van der Waals surface area contributed by atoms with Crippen LogP contribution in [0.25, 0.3) is 0 Å². The molecule has 0 aromatic heterocycles. The van der Waals surface area contributed by atoms with Gasteiger partial charge in [-0.2, -0.15) is 0 Å². The molecular weight excluding hydrogens is 419 g/mol. The molecule has 0 aliphatic carbocycles. The lowest BCUT2D eigenvalue weighted by Gasteiger charge is -2.33. The van der Waals surface area contributed by atoms with Gasteiger partial charge in [0.05, 0.1) is 12.1 Å². The van der Waals surface area contributed by atoms with Crippen molar-refractivity contribution in [1.29, 1.82) is 0 Å². The van der Waals surface area contributed by atoms with E-state index in [1.807, 2.05) is 0 Å². The fraction of sp³-hybridized carbons (Fsp3) is 0.824. The van der Waals surface area contributed by atoms with Crippen molar-refractivity contribution < 1.29 is 23.9 Å². The van der Waals surface area contributed by atoms with Gasteiger partial charge in [0.25, 0.3) is 0 Å². The van der Waals surface area contributed by atoms with Crippen molar-refractivity contribution >= 4 is 52.8 Å². The Morgan fingerprint density at radius 2 is 1.85 bits per heavy atom. The van der Waals surface area contributed by atoms with E-state index in [0.717, 1.165) is 0 Å². The van der Waals surface area contributed by atoms with Gasteiger partial charge in [0.2, 0.25) is 9.70 Å². The molecule has 0 saturated carbocycles. The van der Waals surface area contributed by atoms with Crippen LogP contribution in [0.3, 0.4) is 0 Å². The summed E-state index contributed by atoms with van der Waals surface area (Å²) < 4.78 is 8.69. The number of fused-ring (bicyclic) bond motifs is 1. The number of hydrogen-bond donors (Lipinski definition) is 1. The van der Waals surface area contributed by atoms with Crippen molar-refractivity contribution in [2.75, 3.05) is 6.61 Å². The predicted molar refractivity (Wildman–Crippen MR) is 102 cm³/mol. The molecule has 154 valence electrons. The Hall–Kier alpha value is -0.920. The zero-order valence-electron chi connectivity index (χ0n) is 15.6.